The number of para-hydroxylation sites is 2. The molecule has 4 nitrogen and oxygen atoms in total. The third-order valence-electron chi connectivity index (χ3n) is 13.2. The van der Waals surface area contributed by atoms with Crippen molar-refractivity contribution >= 4 is 66.7 Å². The Labute approximate surface area is 347 Å². The molecule has 0 bridgehead atoms. The molecule has 2 aromatic heterocycles. The summed E-state index contributed by atoms with van der Waals surface area (Å²) in [4.78, 5) is 0. The van der Waals surface area contributed by atoms with Crippen LogP contribution >= 0.6 is 0 Å². The Balaban J connectivity index is 1.32. The highest BCUT2D eigenvalue weighted by Gasteiger charge is 2.43. The number of aromatic nitrogens is 2. The van der Waals surface area contributed by atoms with Crippen molar-refractivity contribution in [2.75, 3.05) is 0 Å². The Bertz CT molecular complexity index is 2860. The highest BCUT2D eigenvalue weighted by atomic mass is 16.5. The van der Waals surface area contributed by atoms with Crippen molar-refractivity contribution in [3.8, 4) is 34.4 Å². The lowest BCUT2D eigenvalue weighted by Crippen LogP contribution is -2.57. The second-order valence-corrected chi connectivity index (χ2v) is 18.1. The normalized spacial score (nSPS) is 13.3. The molecule has 4 heterocycles. The van der Waals surface area contributed by atoms with Crippen LogP contribution in [0.3, 0.4) is 0 Å². The van der Waals surface area contributed by atoms with E-state index < -0.39 is 0 Å². The van der Waals surface area contributed by atoms with Crippen LogP contribution in [-0.2, 0) is 0 Å². The second-order valence-electron chi connectivity index (χ2n) is 18.1. The fourth-order valence-corrected chi connectivity index (χ4v) is 9.84. The first-order valence-electron chi connectivity index (χ1n) is 21.5. The number of hydrogen-bond donors (Lipinski definition) is 0. The first-order chi connectivity index (χ1) is 28.6. The molecule has 290 valence electrons. The van der Waals surface area contributed by atoms with Crippen LogP contribution in [0.5, 0.6) is 23.0 Å². The minimum atomic E-state index is -0.0880. The molecular formula is C54H49BN2O2. The van der Waals surface area contributed by atoms with Crippen LogP contribution in [0.15, 0.2) is 127 Å². The van der Waals surface area contributed by atoms with Gasteiger partial charge >= 0.3 is 0 Å². The molecule has 0 aliphatic carbocycles. The van der Waals surface area contributed by atoms with E-state index in [1.165, 1.54) is 43.8 Å². The summed E-state index contributed by atoms with van der Waals surface area (Å²) in [5.41, 5.74) is 15.4. The van der Waals surface area contributed by atoms with Crippen molar-refractivity contribution in [2.24, 2.45) is 0 Å². The summed E-state index contributed by atoms with van der Waals surface area (Å²) < 4.78 is 19.4. The summed E-state index contributed by atoms with van der Waals surface area (Å²) in [5.74, 6) is 5.06. The Morgan fingerprint density at radius 2 is 0.712 bits per heavy atom. The lowest BCUT2D eigenvalue weighted by Gasteiger charge is -2.35. The molecule has 0 N–H and O–H groups in total. The van der Waals surface area contributed by atoms with Crippen LogP contribution in [-0.4, -0.2) is 15.8 Å². The third kappa shape index (κ3) is 5.29. The molecule has 7 aromatic carbocycles. The van der Waals surface area contributed by atoms with Crippen LogP contribution in [0.1, 0.15) is 101 Å². The van der Waals surface area contributed by atoms with Crippen molar-refractivity contribution < 1.29 is 9.47 Å². The quantitative estimate of drug-likeness (QED) is 0.158. The maximum Gasteiger partial charge on any atom is 0.260 e. The van der Waals surface area contributed by atoms with E-state index in [0.717, 1.165) is 72.8 Å². The van der Waals surface area contributed by atoms with E-state index in [2.05, 4.69) is 192 Å². The van der Waals surface area contributed by atoms with Gasteiger partial charge in [0, 0.05) is 27.0 Å². The maximum absolute atomic E-state index is 7.24. The van der Waals surface area contributed by atoms with E-state index >= 15 is 0 Å². The molecule has 0 fully saturated rings. The van der Waals surface area contributed by atoms with Gasteiger partial charge in [-0.2, -0.15) is 0 Å². The Morgan fingerprint density at radius 3 is 1.03 bits per heavy atom. The van der Waals surface area contributed by atoms with Crippen molar-refractivity contribution in [1.29, 1.82) is 0 Å². The second kappa shape index (κ2) is 13.2. The molecule has 11 rings (SSSR count). The molecule has 9 aromatic rings. The molecule has 59 heavy (non-hydrogen) atoms. The molecule has 2 aliphatic rings. The van der Waals surface area contributed by atoms with Gasteiger partial charge in [0.1, 0.15) is 11.5 Å². The average Bonchev–Trinajstić information content (AvgIpc) is 3.74. The molecular weight excluding hydrogens is 719 g/mol. The highest BCUT2D eigenvalue weighted by molar-refractivity contribution is 6.98. The molecule has 0 amide bonds. The van der Waals surface area contributed by atoms with Crippen LogP contribution in [0, 0.1) is 0 Å². The number of ether oxygens (including phenoxy) is 2. The Kier molecular flexibility index (Phi) is 8.01. The van der Waals surface area contributed by atoms with Gasteiger partial charge in [-0.15, -0.1) is 0 Å². The SMILES string of the molecule is CC(C)c1ccc2c(c1)c1cc(C(C)C)ccc1n2-c1cc(-n2c3ccc(C(C)C)cc3c3cc(C(C)C)ccc32)c2c3c1Oc1ccccc1B3c1ccccc1O2. The van der Waals surface area contributed by atoms with E-state index in [-0.39, 0.29) is 6.71 Å². The molecule has 0 saturated heterocycles. The molecule has 0 unspecified atom stereocenters. The first-order valence-corrected chi connectivity index (χ1v) is 21.5. The average molecular weight is 769 g/mol. The van der Waals surface area contributed by atoms with Gasteiger partial charge in [0.2, 0.25) is 0 Å². The lowest BCUT2D eigenvalue weighted by atomic mass is 9.34. The minimum absolute atomic E-state index is 0.0880. The summed E-state index contributed by atoms with van der Waals surface area (Å²) in [6.07, 6.45) is 0. The standard InChI is InChI=1S/C54H49BN2O2/c1-30(2)34-17-21-44-38(25-34)39-26-35(31(3)4)18-22-45(39)56(44)48-29-49(57-46-23-19-36(32(5)6)27-40(46)41-28-37(33(7)8)20-24-47(41)57)54-52-53(48)58-50-15-11-9-13-42(50)55(52)43-14-10-12-16-51(43)59-54/h9-33H,1-8H3. The summed E-state index contributed by atoms with van der Waals surface area (Å²) in [7, 11) is 0. The lowest BCUT2D eigenvalue weighted by molar-refractivity contribution is 0.462. The maximum atomic E-state index is 7.24. The number of fused-ring (bicyclic) bond motifs is 10. The smallest absolute Gasteiger partial charge is 0.260 e. The number of nitrogens with zero attached hydrogens (tertiary/aromatic N) is 2. The zero-order chi connectivity index (χ0) is 40.4. The monoisotopic (exact) mass is 768 g/mol. The van der Waals surface area contributed by atoms with E-state index in [9.17, 15) is 0 Å². The summed E-state index contributed by atoms with van der Waals surface area (Å²) >= 11 is 0. The first kappa shape index (κ1) is 35.9. The van der Waals surface area contributed by atoms with Crippen molar-refractivity contribution in [2.45, 2.75) is 79.1 Å². The summed E-state index contributed by atoms with van der Waals surface area (Å²) in [6, 6.07) is 47.7. The van der Waals surface area contributed by atoms with Crippen molar-refractivity contribution in [3.63, 3.8) is 0 Å². The molecule has 5 heteroatoms. The molecule has 0 saturated carbocycles. The van der Waals surface area contributed by atoms with Gasteiger partial charge in [-0.25, -0.2) is 0 Å². The predicted molar refractivity (Wildman–Crippen MR) is 249 cm³/mol. The fraction of sp³-hybridized carbons (Fsp3) is 0.222. The van der Waals surface area contributed by atoms with Crippen LogP contribution < -0.4 is 25.9 Å². The number of rotatable bonds is 6. The van der Waals surface area contributed by atoms with Crippen molar-refractivity contribution in [3.05, 3.63) is 150 Å². The van der Waals surface area contributed by atoms with Crippen LogP contribution in [0.2, 0.25) is 0 Å². The van der Waals surface area contributed by atoms with Crippen LogP contribution in [0.4, 0.5) is 0 Å². The van der Waals surface area contributed by atoms with E-state index in [1.807, 2.05) is 0 Å². The third-order valence-corrected chi connectivity index (χ3v) is 13.2. The Hall–Kier alpha value is -6.20. The van der Waals surface area contributed by atoms with Crippen molar-refractivity contribution in [1.82, 2.24) is 9.13 Å². The summed E-state index contributed by atoms with van der Waals surface area (Å²) in [6.45, 7) is 18.2. The molecule has 0 spiro atoms. The Morgan fingerprint density at radius 1 is 0.390 bits per heavy atom. The number of benzene rings is 7. The summed E-state index contributed by atoms with van der Waals surface area (Å²) in [5, 5.41) is 5.03. The van der Waals surface area contributed by atoms with Gasteiger partial charge in [0.15, 0.2) is 11.5 Å². The van der Waals surface area contributed by atoms with Crippen LogP contribution in [0.25, 0.3) is 55.0 Å². The molecule has 0 radical (unpaired) electrons. The van der Waals surface area contributed by atoms with Gasteiger partial charge in [-0.05, 0) is 124 Å². The van der Waals surface area contributed by atoms with Gasteiger partial charge in [-0.3, -0.25) is 0 Å². The van der Waals surface area contributed by atoms with Gasteiger partial charge < -0.3 is 18.6 Å². The molecule has 0 atom stereocenters. The van der Waals surface area contributed by atoms with E-state index in [0.29, 0.717) is 23.7 Å². The largest absolute Gasteiger partial charge is 0.456 e. The minimum Gasteiger partial charge on any atom is -0.456 e. The van der Waals surface area contributed by atoms with E-state index in [1.54, 1.807) is 0 Å². The fourth-order valence-electron chi connectivity index (χ4n) is 9.84. The highest BCUT2D eigenvalue weighted by Crippen LogP contribution is 2.47. The van der Waals surface area contributed by atoms with Gasteiger partial charge in [-0.1, -0.05) is 116 Å². The van der Waals surface area contributed by atoms with E-state index in [4.69, 9.17) is 9.47 Å². The number of hydrogen-bond acceptors (Lipinski definition) is 2. The zero-order valence-corrected chi connectivity index (χ0v) is 35.2. The topological polar surface area (TPSA) is 28.3 Å². The van der Waals surface area contributed by atoms with Gasteiger partial charge in [0.05, 0.1) is 33.4 Å². The predicted octanol–water partition coefficient (Wildman–Crippen LogP) is 13.1. The van der Waals surface area contributed by atoms with Gasteiger partial charge in [0.25, 0.3) is 6.71 Å². The zero-order valence-electron chi connectivity index (χ0n) is 35.2. The molecule has 2 aliphatic heterocycles.